The fourth-order valence-electron chi connectivity index (χ4n) is 1.67. The van der Waals surface area contributed by atoms with Gasteiger partial charge in [-0.15, -0.1) is 0 Å². The van der Waals surface area contributed by atoms with Crippen molar-refractivity contribution in [2.45, 2.75) is 26.7 Å². The zero-order valence-corrected chi connectivity index (χ0v) is 12.1. The van der Waals surface area contributed by atoms with Crippen LogP contribution in [0.4, 0.5) is 0 Å². The highest BCUT2D eigenvalue weighted by Crippen LogP contribution is 2.22. The van der Waals surface area contributed by atoms with Crippen molar-refractivity contribution in [2.24, 2.45) is 7.05 Å². The number of aromatic nitrogens is 2. The molecule has 3 nitrogen and oxygen atoms in total. The van der Waals surface area contributed by atoms with Gasteiger partial charge in [0.25, 0.3) is 0 Å². The Morgan fingerprint density at radius 2 is 2.25 bits per heavy atom. The lowest BCUT2D eigenvalue weighted by atomic mass is 10.1. The summed E-state index contributed by atoms with van der Waals surface area (Å²) in [5.41, 5.74) is 3.69. The van der Waals surface area contributed by atoms with Crippen LogP contribution in [0.15, 0.2) is 16.1 Å². The molecule has 0 spiro atoms. The number of rotatable bonds is 5. The smallest absolute Gasteiger partial charge is 0.0738 e. The number of halogens is 1. The molecular weight excluding hydrogens is 266 g/mol. The molecule has 1 N–H and O–H groups in total. The molecule has 0 atom stereocenters. The second kappa shape index (κ2) is 6.21. The Bertz CT molecular complexity index is 380. The Morgan fingerprint density at radius 3 is 2.75 bits per heavy atom. The van der Waals surface area contributed by atoms with Crippen molar-refractivity contribution < 1.29 is 0 Å². The Morgan fingerprint density at radius 1 is 1.56 bits per heavy atom. The summed E-state index contributed by atoms with van der Waals surface area (Å²) in [5, 5.41) is 7.53. The molecule has 1 aromatic heterocycles. The van der Waals surface area contributed by atoms with Crippen molar-refractivity contribution in [1.82, 2.24) is 15.1 Å². The van der Waals surface area contributed by atoms with Gasteiger partial charge in [-0.3, -0.25) is 4.68 Å². The first-order valence-corrected chi connectivity index (χ1v) is 6.33. The predicted molar refractivity (Wildman–Crippen MR) is 71.6 cm³/mol. The van der Waals surface area contributed by atoms with Crippen LogP contribution >= 0.6 is 15.9 Å². The van der Waals surface area contributed by atoms with Gasteiger partial charge in [-0.2, -0.15) is 5.10 Å². The van der Waals surface area contributed by atoms with Gasteiger partial charge < -0.3 is 5.32 Å². The van der Waals surface area contributed by atoms with Gasteiger partial charge in [-0.1, -0.05) is 11.6 Å². The van der Waals surface area contributed by atoms with Gasteiger partial charge in [-0.05, 0) is 49.8 Å². The lowest BCUT2D eigenvalue weighted by molar-refractivity contribution is 0.712. The summed E-state index contributed by atoms with van der Waals surface area (Å²) in [7, 11) is 3.97. The highest BCUT2D eigenvalue weighted by Gasteiger charge is 2.10. The third-order valence-corrected chi connectivity index (χ3v) is 3.63. The maximum absolute atomic E-state index is 4.39. The number of allylic oxidation sites excluding steroid dienone is 1. The third kappa shape index (κ3) is 3.46. The minimum absolute atomic E-state index is 0.960. The standard InChI is InChI=1S/C12H20BrN3/c1-9(6-5-7-14-3)8-11-12(13)10(2)15-16(11)4/h6,14H,5,7-8H2,1-4H3. The van der Waals surface area contributed by atoms with Gasteiger partial charge in [0.15, 0.2) is 0 Å². The maximum atomic E-state index is 4.39. The molecule has 0 saturated heterocycles. The van der Waals surface area contributed by atoms with Crippen LogP contribution in [0.3, 0.4) is 0 Å². The fourth-order valence-corrected chi connectivity index (χ4v) is 2.15. The predicted octanol–water partition coefficient (Wildman–Crippen LogP) is 2.59. The lowest BCUT2D eigenvalue weighted by Crippen LogP contribution is -2.06. The van der Waals surface area contributed by atoms with Crippen LogP contribution in [-0.2, 0) is 13.5 Å². The molecule has 90 valence electrons. The van der Waals surface area contributed by atoms with E-state index in [0.29, 0.717) is 0 Å². The number of nitrogens with zero attached hydrogens (tertiary/aromatic N) is 2. The molecule has 4 heteroatoms. The van der Waals surface area contributed by atoms with Crippen LogP contribution in [0.1, 0.15) is 24.7 Å². The number of hydrogen-bond donors (Lipinski definition) is 1. The van der Waals surface area contributed by atoms with Gasteiger partial charge in [0.1, 0.15) is 0 Å². The Balaban J connectivity index is 2.69. The van der Waals surface area contributed by atoms with Gasteiger partial charge in [-0.25, -0.2) is 0 Å². The van der Waals surface area contributed by atoms with Gasteiger partial charge >= 0.3 is 0 Å². The molecule has 16 heavy (non-hydrogen) atoms. The molecule has 1 heterocycles. The van der Waals surface area contributed by atoms with E-state index in [-0.39, 0.29) is 0 Å². The second-order valence-corrected chi connectivity index (χ2v) is 4.88. The quantitative estimate of drug-likeness (QED) is 0.666. The van der Waals surface area contributed by atoms with Gasteiger partial charge in [0.2, 0.25) is 0 Å². The first kappa shape index (κ1) is 13.5. The number of nitrogens with one attached hydrogen (secondary N) is 1. The van der Waals surface area contributed by atoms with E-state index in [1.54, 1.807) is 0 Å². The maximum Gasteiger partial charge on any atom is 0.0738 e. The van der Waals surface area contributed by atoms with Gasteiger partial charge in [0, 0.05) is 13.5 Å². The Kier molecular flexibility index (Phi) is 5.22. The van der Waals surface area contributed by atoms with Crippen LogP contribution in [0.2, 0.25) is 0 Å². The minimum atomic E-state index is 0.960. The van der Waals surface area contributed by atoms with E-state index in [1.165, 1.54) is 11.3 Å². The average molecular weight is 286 g/mol. The first-order chi connectivity index (χ1) is 7.56. The molecule has 0 amide bonds. The summed E-state index contributed by atoms with van der Waals surface area (Å²) in [6, 6.07) is 0. The molecule has 0 unspecified atom stereocenters. The van der Waals surface area contributed by atoms with Crippen molar-refractivity contribution >= 4 is 15.9 Å². The van der Waals surface area contributed by atoms with Crippen molar-refractivity contribution in [3.05, 3.63) is 27.5 Å². The molecule has 0 saturated carbocycles. The largest absolute Gasteiger partial charge is 0.319 e. The van der Waals surface area contributed by atoms with Crippen molar-refractivity contribution in [2.75, 3.05) is 13.6 Å². The number of aryl methyl sites for hydroxylation is 2. The zero-order valence-electron chi connectivity index (χ0n) is 10.5. The first-order valence-electron chi connectivity index (χ1n) is 5.54. The monoisotopic (exact) mass is 285 g/mol. The van der Waals surface area contributed by atoms with Crippen LogP contribution < -0.4 is 5.32 Å². The van der Waals surface area contributed by atoms with Crippen LogP contribution in [-0.4, -0.2) is 23.4 Å². The summed E-state index contributed by atoms with van der Waals surface area (Å²) < 4.78 is 3.09. The molecule has 1 rings (SSSR count). The molecule has 0 bridgehead atoms. The van der Waals surface area contributed by atoms with E-state index < -0.39 is 0 Å². The molecule has 0 aromatic carbocycles. The van der Waals surface area contributed by atoms with E-state index in [4.69, 9.17) is 0 Å². The van der Waals surface area contributed by atoms with E-state index in [9.17, 15) is 0 Å². The Hall–Kier alpha value is -0.610. The molecule has 1 aromatic rings. The summed E-state index contributed by atoms with van der Waals surface area (Å²) in [6.07, 6.45) is 4.32. The third-order valence-electron chi connectivity index (χ3n) is 2.60. The van der Waals surface area contributed by atoms with E-state index in [0.717, 1.165) is 29.6 Å². The summed E-state index contributed by atoms with van der Waals surface area (Å²) in [5.74, 6) is 0. The van der Waals surface area contributed by atoms with Crippen molar-refractivity contribution in [1.29, 1.82) is 0 Å². The van der Waals surface area contributed by atoms with E-state index in [2.05, 4.69) is 39.3 Å². The average Bonchev–Trinajstić information content (AvgIpc) is 2.46. The molecule has 0 aliphatic heterocycles. The lowest BCUT2D eigenvalue weighted by Gasteiger charge is -2.04. The highest BCUT2D eigenvalue weighted by molar-refractivity contribution is 9.10. The van der Waals surface area contributed by atoms with Crippen LogP contribution in [0.5, 0.6) is 0 Å². The molecule has 0 aliphatic carbocycles. The summed E-state index contributed by atoms with van der Waals surface area (Å²) in [4.78, 5) is 0. The molecule has 0 aliphatic rings. The Labute approximate surface area is 106 Å². The van der Waals surface area contributed by atoms with Gasteiger partial charge in [0.05, 0.1) is 15.9 Å². The molecule has 0 fully saturated rings. The molecule has 0 radical (unpaired) electrons. The summed E-state index contributed by atoms with van der Waals surface area (Å²) in [6.45, 7) is 5.22. The van der Waals surface area contributed by atoms with E-state index >= 15 is 0 Å². The second-order valence-electron chi connectivity index (χ2n) is 4.09. The number of hydrogen-bond acceptors (Lipinski definition) is 2. The topological polar surface area (TPSA) is 29.9 Å². The zero-order chi connectivity index (χ0) is 12.1. The molecular formula is C12H20BrN3. The van der Waals surface area contributed by atoms with Crippen molar-refractivity contribution in [3.63, 3.8) is 0 Å². The minimum Gasteiger partial charge on any atom is -0.319 e. The SMILES string of the molecule is CNCCC=C(C)Cc1c(Br)c(C)nn1C. The highest BCUT2D eigenvalue weighted by atomic mass is 79.9. The normalized spacial score (nSPS) is 12.2. The van der Waals surface area contributed by atoms with Crippen LogP contribution in [0.25, 0.3) is 0 Å². The van der Waals surface area contributed by atoms with Crippen LogP contribution in [0, 0.1) is 6.92 Å². The van der Waals surface area contributed by atoms with E-state index in [1.807, 2.05) is 25.7 Å². The van der Waals surface area contributed by atoms with Crippen molar-refractivity contribution in [3.8, 4) is 0 Å². The summed E-state index contributed by atoms with van der Waals surface area (Å²) >= 11 is 3.59. The fraction of sp³-hybridized carbons (Fsp3) is 0.583.